The Balaban J connectivity index is -0.000000100. The van der Waals surface area contributed by atoms with Gasteiger partial charge in [-0.05, 0) is 220 Å². The van der Waals surface area contributed by atoms with E-state index in [1.165, 1.54) is 26.2 Å². The van der Waals surface area contributed by atoms with Gasteiger partial charge in [-0.1, -0.05) is 26.0 Å². The summed E-state index contributed by atoms with van der Waals surface area (Å²) in [5.41, 5.74) is -0.169. The normalized spacial score (nSPS) is 11.6. The van der Waals surface area contributed by atoms with Gasteiger partial charge < -0.3 is 72.2 Å². The highest BCUT2D eigenvalue weighted by molar-refractivity contribution is 7.90. The number of likely N-dealkylation sites (tertiary alicyclic amines) is 1. The summed E-state index contributed by atoms with van der Waals surface area (Å²) >= 11 is 0. The fourth-order valence-electron chi connectivity index (χ4n) is 4.47. The summed E-state index contributed by atoms with van der Waals surface area (Å²) in [6.07, 6.45) is 11.4. The molecule has 1 aliphatic rings. The molecule has 1 aliphatic heterocycles. The van der Waals surface area contributed by atoms with Crippen LogP contribution in [0.25, 0.3) is 0 Å². The molecule has 0 saturated carbocycles. The predicted molar refractivity (Wildman–Crippen MR) is 377 cm³/mol. The number of amides is 2. The largest absolute Gasteiger partial charge is 0.510 e. The molecule has 22 heteroatoms. The Morgan fingerprint density at radius 2 is 0.890 bits per heavy atom. The Morgan fingerprint density at radius 1 is 0.527 bits per heavy atom. The van der Waals surface area contributed by atoms with E-state index in [1.54, 1.807) is 41.1 Å². The molecule has 0 unspecified atom stereocenters. The molecule has 91 heavy (non-hydrogen) atoms. The van der Waals surface area contributed by atoms with E-state index < -0.39 is 9.84 Å². The van der Waals surface area contributed by atoms with Crippen LogP contribution >= 0.6 is 0 Å². The molecule has 1 heterocycles. The number of nitrogens with one attached hydrogen (secondary N) is 1. The van der Waals surface area contributed by atoms with Gasteiger partial charge in [0.2, 0.25) is 11.8 Å². The number of aliphatic hydroxyl groups is 1. The maximum Gasteiger partial charge on any atom is 0.332 e. The van der Waals surface area contributed by atoms with Crippen LogP contribution in [0.5, 0.6) is 0 Å². The van der Waals surface area contributed by atoms with E-state index in [-0.39, 0.29) is 110 Å². The average Bonchev–Trinajstić information content (AvgIpc) is 2.85. The summed E-state index contributed by atoms with van der Waals surface area (Å²) in [4.78, 5) is 45.4. The number of ketones is 1. The van der Waals surface area contributed by atoms with Crippen LogP contribution in [-0.2, 0) is 85.9 Å². The second-order valence-corrected chi connectivity index (χ2v) is 26.5. The second-order valence-electron chi connectivity index (χ2n) is 24.4. The first-order valence-corrected chi connectivity index (χ1v) is 34.7. The molecule has 2 N–H and O–H groups in total. The highest BCUT2D eigenvalue weighted by Gasteiger charge is 2.17. The van der Waals surface area contributed by atoms with Crippen LogP contribution < -0.4 is 5.32 Å². The molecule has 554 valence electrons. The fraction of sp³-hybridized carbons (Fsp3) is 0.884. The number of unbranched alkanes of at least 4 members (excludes halogenated alkanes) is 1. The van der Waals surface area contributed by atoms with Crippen molar-refractivity contribution < 1.29 is 89.5 Å². The summed E-state index contributed by atoms with van der Waals surface area (Å²) in [5, 5.41) is 11.3. The van der Waals surface area contributed by atoms with E-state index in [0.717, 1.165) is 45.4 Å². The van der Waals surface area contributed by atoms with Gasteiger partial charge in [-0.15, -0.1) is 6.58 Å². The number of rotatable bonds is 30. The van der Waals surface area contributed by atoms with E-state index in [1.807, 2.05) is 157 Å². The molecule has 1 fully saturated rings. The van der Waals surface area contributed by atoms with Crippen LogP contribution in [0, 0.1) is 0 Å². The molecule has 0 aromatic rings. The SMILES string of the molecule is C=C(O)COC(C)C.C=CCOC(C)C.CC(=O)COC(C)C.CC(C)OCC(=O)N1CCCCC1.CC(C)OCC(=O)NC(C)(C)C.CC(C)OCS(C)(=O)=O.CCCCOC(C)C.CCOC(=O)COC(C)C.CCOC(C)C.COC(C)C.COC(C)C. The van der Waals surface area contributed by atoms with Gasteiger partial charge in [0.1, 0.15) is 44.7 Å². The Kier molecular flexibility index (Phi) is 93.2. The zero-order valence-corrected chi connectivity index (χ0v) is 65.3. The topological polar surface area (TPSA) is 249 Å². The number of hydrogen-bond donors (Lipinski definition) is 2. The van der Waals surface area contributed by atoms with E-state index >= 15 is 0 Å². The first kappa shape index (κ1) is 109. The Labute approximate surface area is 560 Å². The van der Waals surface area contributed by atoms with E-state index in [2.05, 4.69) is 44.0 Å². The Morgan fingerprint density at radius 3 is 1.13 bits per heavy atom. The molecular weight excluding hydrogens is 1190 g/mol. The zero-order valence-electron chi connectivity index (χ0n) is 64.5. The lowest BCUT2D eigenvalue weighted by Crippen LogP contribution is -2.42. The molecule has 0 aromatic carbocycles. The average molecular weight is 1340 g/mol. The molecule has 1 rings (SSSR count). The Hall–Kier alpha value is -3.13. The first-order chi connectivity index (χ1) is 41.7. The van der Waals surface area contributed by atoms with Crippen LogP contribution in [0.2, 0.25) is 0 Å². The molecule has 0 bridgehead atoms. The number of carbonyl (C=O) groups is 4. The maximum absolute atomic E-state index is 11.5. The third-order valence-electron chi connectivity index (χ3n) is 8.91. The standard InChI is InChI=1S/C10H19NO2.C9H19NO2.C7H14O3.C7H16O.2C6H12O2.C6H12O.C5H12O3S.C5H12O.2C4H10O/c1-9(2)13-8-10(12)11-6-4-3-5-7-11;1-7(2)12-6-8(11)10-9(3,4)5;1-4-9-7(8)5-10-6(2)3;1-4-5-6-8-7(2)3;2*1-5(2)8-4-6(3)7;1-4-5-7-6(2)3;1-5(2)8-4-9(3,6)7;1-4-6-5(2)3;2*1-4(2)5-3/h9H,3-8H2,1-2H3;7H,6H2,1-5H3,(H,10,11);6H,4-5H2,1-3H3;7H,4-6H2,1-3H3;5H,4H2,1-3H3;5,7H,3-4H2,1-2H3;4,6H,1,5H2,2-3H3;5H,4H2,1-3H3;5H,4H2,1-3H3;2*4H,1-3H3. The summed E-state index contributed by atoms with van der Waals surface area (Å²) < 4.78 is 80.5. The number of ether oxygens (including phenoxy) is 12. The highest BCUT2D eigenvalue weighted by Crippen LogP contribution is 2.09. The number of nitrogens with zero attached hydrogens (tertiary/aromatic N) is 1. The van der Waals surface area contributed by atoms with Gasteiger partial charge in [0.25, 0.3) is 0 Å². The monoisotopic (exact) mass is 1340 g/mol. The third kappa shape index (κ3) is 153. The number of piperidine rings is 1. The van der Waals surface area contributed by atoms with Gasteiger partial charge >= 0.3 is 5.97 Å². The lowest BCUT2D eigenvalue weighted by molar-refractivity contribution is -0.150. The van der Waals surface area contributed by atoms with Gasteiger partial charge in [-0.3, -0.25) is 14.4 Å². The van der Waals surface area contributed by atoms with Crippen molar-refractivity contribution in [2.75, 3.05) is 99.0 Å². The smallest absolute Gasteiger partial charge is 0.332 e. The van der Waals surface area contributed by atoms with Crippen LogP contribution in [0.4, 0.5) is 0 Å². The van der Waals surface area contributed by atoms with Crippen molar-refractivity contribution in [2.45, 2.75) is 306 Å². The van der Waals surface area contributed by atoms with E-state index in [4.69, 9.17) is 57.2 Å². The second kappa shape index (κ2) is 77.6. The Bertz CT molecular complexity index is 1630. The minimum Gasteiger partial charge on any atom is -0.510 e. The van der Waals surface area contributed by atoms with Crippen molar-refractivity contribution in [3.63, 3.8) is 0 Å². The summed E-state index contributed by atoms with van der Waals surface area (Å²) in [6.45, 7) is 68.6. The number of hydrogen-bond acceptors (Lipinski definition) is 19. The molecule has 21 nitrogen and oxygen atoms in total. The van der Waals surface area contributed by atoms with Crippen LogP contribution in [-0.4, -0.2) is 214 Å². The first-order valence-electron chi connectivity index (χ1n) is 32.7. The van der Waals surface area contributed by atoms with Gasteiger partial charge in [-0.2, -0.15) is 0 Å². The van der Waals surface area contributed by atoms with Gasteiger partial charge in [0.05, 0.1) is 80.4 Å². The molecule has 0 aromatic heterocycles. The molecule has 0 spiro atoms. The number of Topliss-reactive ketones (excluding diaryl/α,β-unsaturated/α-hetero) is 1. The molecule has 2 amide bonds. The minimum absolute atomic E-state index is 0.0141. The van der Waals surface area contributed by atoms with Gasteiger partial charge in [0, 0.05) is 52.3 Å². The molecule has 0 atom stereocenters. The summed E-state index contributed by atoms with van der Waals surface area (Å²) in [6, 6.07) is 0. The summed E-state index contributed by atoms with van der Waals surface area (Å²) in [7, 11) is 0.457. The third-order valence-corrected chi connectivity index (χ3v) is 9.47. The number of aliphatic hydroxyl groups excluding tert-OH is 1. The van der Waals surface area contributed by atoms with Crippen molar-refractivity contribution >= 4 is 33.4 Å². The summed E-state index contributed by atoms with van der Waals surface area (Å²) in [5.74, 6) is -0.219. The lowest BCUT2D eigenvalue weighted by atomic mass is 10.1. The predicted octanol–water partition coefficient (Wildman–Crippen LogP) is 13.9. The number of esters is 1. The quantitative estimate of drug-likeness (QED) is 0.0293. The van der Waals surface area contributed by atoms with Crippen molar-refractivity contribution in [1.82, 2.24) is 10.2 Å². The van der Waals surface area contributed by atoms with Crippen molar-refractivity contribution in [3.05, 3.63) is 25.0 Å². The van der Waals surface area contributed by atoms with Gasteiger partial charge in [-0.25, -0.2) is 13.2 Å². The molecule has 1 saturated heterocycles. The molecule has 0 radical (unpaired) electrons. The number of carbonyl (C=O) groups excluding carboxylic acids is 4. The highest BCUT2D eigenvalue weighted by atomic mass is 32.2. The number of methoxy groups -OCH3 is 2. The van der Waals surface area contributed by atoms with E-state index in [9.17, 15) is 27.6 Å². The lowest BCUT2D eigenvalue weighted by Gasteiger charge is -2.26. The van der Waals surface area contributed by atoms with E-state index in [0.29, 0.717) is 43.7 Å². The van der Waals surface area contributed by atoms with Crippen molar-refractivity contribution in [3.8, 4) is 0 Å². The number of sulfone groups is 1. The maximum atomic E-state index is 11.5. The minimum atomic E-state index is -2.94. The molecule has 0 aliphatic carbocycles. The van der Waals surface area contributed by atoms with Crippen LogP contribution in [0.1, 0.15) is 233 Å². The fourth-order valence-corrected chi connectivity index (χ4v) is 4.99. The van der Waals surface area contributed by atoms with Gasteiger partial charge in [0.15, 0.2) is 15.6 Å². The van der Waals surface area contributed by atoms with Crippen LogP contribution in [0.15, 0.2) is 25.0 Å². The van der Waals surface area contributed by atoms with Crippen molar-refractivity contribution in [2.24, 2.45) is 0 Å². The zero-order chi connectivity index (χ0) is 73.7. The van der Waals surface area contributed by atoms with Crippen molar-refractivity contribution in [1.29, 1.82) is 0 Å². The van der Waals surface area contributed by atoms with Crippen LogP contribution in [0.3, 0.4) is 0 Å². The molecular formula is C69H148N2O19S.